The smallest absolute Gasteiger partial charge is 0.250 e. The Labute approximate surface area is 154 Å². The molecule has 0 saturated heterocycles. The van der Waals surface area contributed by atoms with Gasteiger partial charge in [-0.25, -0.2) is 4.98 Å². The monoisotopic (exact) mass is 361 g/mol. The van der Waals surface area contributed by atoms with Gasteiger partial charge in [0.2, 0.25) is 5.91 Å². The number of carbonyl (C=O) groups is 1. The van der Waals surface area contributed by atoms with Crippen LogP contribution in [0.5, 0.6) is 5.75 Å². The predicted molar refractivity (Wildman–Crippen MR) is 102 cm³/mol. The molecule has 0 saturated carbocycles. The average Bonchev–Trinajstić information content (AvgIpc) is 3.26. The molecular formula is C20H15N3O2S. The van der Waals surface area contributed by atoms with Crippen LogP contribution in [0.4, 0.5) is 5.69 Å². The van der Waals surface area contributed by atoms with Crippen molar-refractivity contribution in [2.45, 2.75) is 5.92 Å². The molecule has 0 fully saturated rings. The van der Waals surface area contributed by atoms with Gasteiger partial charge in [0.05, 0.1) is 16.8 Å². The number of amides is 1. The minimum absolute atomic E-state index is 0.0934. The highest BCUT2D eigenvalue weighted by Crippen LogP contribution is 2.36. The summed E-state index contributed by atoms with van der Waals surface area (Å²) in [7, 11) is 0. The minimum atomic E-state index is -0.104. The van der Waals surface area contributed by atoms with Crippen LogP contribution in [-0.4, -0.2) is 24.0 Å². The second-order valence-corrected chi connectivity index (χ2v) is 7.01. The van der Waals surface area contributed by atoms with E-state index in [1.54, 1.807) is 4.90 Å². The summed E-state index contributed by atoms with van der Waals surface area (Å²) in [6.45, 7) is 4.61. The standard InChI is InChI=1S/C20H15N3O2S/c1-2-20(24)23-11-13(15-5-3-4-6-17(15)23)12-25-14-7-8-18-16(9-14)22-19(10-21)26-18/h2-9,13H,1,11-12H2. The maximum atomic E-state index is 12.1. The number of anilines is 1. The van der Waals surface area contributed by atoms with E-state index in [0.29, 0.717) is 23.9 Å². The molecule has 4 rings (SSSR count). The average molecular weight is 361 g/mol. The summed E-state index contributed by atoms with van der Waals surface area (Å²) < 4.78 is 6.94. The van der Waals surface area contributed by atoms with Crippen LogP contribution in [0.25, 0.3) is 10.2 Å². The third-order valence-electron chi connectivity index (χ3n) is 4.42. The Kier molecular flexibility index (Phi) is 4.15. The van der Waals surface area contributed by atoms with Gasteiger partial charge in [-0.2, -0.15) is 5.26 Å². The molecule has 1 aromatic heterocycles. The van der Waals surface area contributed by atoms with Crippen molar-refractivity contribution in [2.75, 3.05) is 18.1 Å². The topological polar surface area (TPSA) is 66.2 Å². The molecule has 26 heavy (non-hydrogen) atoms. The maximum Gasteiger partial charge on any atom is 0.250 e. The predicted octanol–water partition coefficient (Wildman–Crippen LogP) is 3.86. The zero-order valence-electron chi connectivity index (χ0n) is 13.9. The lowest BCUT2D eigenvalue weighted by Crippen LogP contribution is -2.29. The maximum absolute atomic E-state index is 12.1. The summed E-state index contributed by atoms with van der Waals surface area (Å²) >= 11 is 1.36. The van der Waals surface area contributed by atoms with E-state index in [1.165, 1.54) is 17.4 Å². The number of aromatic nitrogens is 1. The number of thiazole rings is 1. The van der Waals surface area contributed by atoms with Crippen LogP contribution >= 0.6 is 11.3 Å². The Hall–Kier alpha value is -3.17. The van der Waals surface area contributed by atoms with Crippen molar-refractivity contribution >= 4 is 33.1 Å². The van der Waals surface area contributed by atoms with Gasteiger partial charge >= 0.3 is 0 Å². The number of para-hydroxylation sites is 1. The van der Waals surface area contributed by atoms with Gasteiger partial charge in [-0.15, -0.1) is 11.3 Å². The SMILES string of the molecule is C=CC(=O)N1CC(COc2ccc3sc(C#N)nc3c2)c2ccccc21. The normalized spacial score (nSPS) is 15.5. The highest BCUT2D eigenvalue weighted by Gasteiger charge is 2.31. The molecule has 0 N–H and O–H groups in total. The molecule has 0 radical (unpaired) electrons. The molecule has 5 nitrogen and oxygen atoms in total. The van der Waals surface area contributed by atoms with Gasteiger partial charge in [0.1, 0.15) is 11.8 Å². The summed E-state index contributed by atoms with van der Waals surface area (Å²) in [4.78, 5) is 18.1. The highest BCUT2D eigenvalue weighted by atomic mass is 32.1. The highest BCUT2D eigenvalue weighted by molar-refractivity contribution is 7.19. The first-order chi connectivity index (χ1) is 12.7. The zero-order chi connectivity index (χ0) is 18.1. The van der Waals surface area contributed by atoms with E-state index in [9.17, 15) is 4.79 Å². The fraction of sp³-hybridized carbons (Fsp3) is 0.150. The van der Waals surface area contributed by atoms with E-state index in [2.05, 4.69) is 17.6 Å². The van der Waals surface area contributed by atoms with Crippen molar-refractivity contribution in [2.24, 2.45) is 0 Å². The molecule has 128 valence electrons. The fourth-order valence-corrected chi connectivity index (χ4v) is 3.94. The number of benzene rings is 2. The summed E-state index contributed by atoms with van der Waals surface area (Å²) in [5.74, 6) is 0.696. The number of ether oxygens (including phenoxy) is 1. The zero-order valence-corrected chi connectivity index (χ0v) is 14.7. The van der Waals surface area contributed by atoms with Crippen LogP contribution in [0.3, 0.4) is 0 Å². The van der Waals surface area contributed by atoms with Gasteiger partial charge in [-0.05, 0) is 29.8 Å². The number of nitrogens with zero attached hydrogens (tertiary/aromatic N) is 3. The van der Waals surface area contributed by atoms with E-state index in [-0.39, 0.29) is 11.8 Å². The van der Waals surface area contributed by atoms with Crippen LogP contribution in [0.15, 0.2) is 55.1 Å². The van der Waals surface area contributed by atoms with Crippen molar-refractivity contribution in [3.05, 3.63) is 65.7 Å². The van der Waals surface area contributed by atoms with E-state index < -0.39 is 0 Å². The van der Waals surface area contributed by atoms with Crippen molar-refractivity contribution in [1.82, 2.24) is 4.98 Å². The van der Waals surface area contributed by atoms with Crippen molar-refractivity contribution in [1.29, 1.82) is 5.26 Å². The van der Waals surface area contributed by atoms with Crippen molar-refractivity contribution in [3.63, 3.8) is 0 Å². The van der Waals surface area contributed by atoms with Crippen molar-refractivity contribution < 1.29 is 9.53 Å². The van der Waals surface area contributed by atoms with Crippen LogP contribution < -0.4 is 9.64 Å². The van der Waals surface area contributed by atoms with Crippen LogP contribution in [0.2, 0.25) is 0 Å². The first kappa shape index (κ1) is 16.3. The largest absolute Gasteiger partial charge is 0.493 e. The van der Waals surface area contributed by atoms with Gasteiger partial charge in [-0.1, -0.05) is 24.8 Å². The van der Waals surface area contributed by atoms with Gasteiger partial charge in [0.15, 0.2) is 5.01 Å². The number of hydrogen-bond donors (Lipinski definition) is 0. The summed E-state index contributed by atoms with van der Waals surface area (Å²) in [5.41, 5.74) is 2.78. The van der Waals surface area contributed by atoms with Gasteiger partial charge in [0.25, 0.3) is 0 Å². The van der Waals surface area contributed by atoms with Crippen molar-refractivity contribution in [3.8, 4) is 11.8 Å². The van der Waals surface area contributed by atoms with E-state index in [1.807, 2.05) is 42.5 Å². The Morgan fingerprint density at radius 1 is 1.42 bits per heavy atom. The summed E-state index contributed by atoms with van der Waals surface area (Å²) in [6.07, 6.45) is 1.34. The minimum Gasteiger partial charge on any atom is -0.493 e. The first-order valence-corrected chi connectivity index (χ1v) is 8.97. The van der Waals surface area contributed by atoms with Gasteiger partial charge in [-0.3, -0.25) is 4.79 Å². The lowest BCUT2D eigenvalue weighted by molar-refractivity contribution is -0.114. The van der Waals surface area contributed by atoms with E-state index >= 15 is 0 Å². The number of fused-ring (bicyclic) bond motifs is 2. The second kappa shape index (κ2) is 6.62. The molecule has 6 heteroatoms. The van der Waals surface area contributed by atoms with Crippen LogP contribution in [0.1, 0.15) is 16.5 Å². The number of hydrogen-bond acceptors (Lipinski definition) is 5. The van der Waals surface area contributed by atoms with Gasteiger partial charge < -0.3 is 9.64 Å². The number of carbonyl (C=O) groups excluding carboxylic acids is 1. The van der Waals surface area contributed by atoms with Gasteiger partial charge in [0, 0.05) is 24.2 Å². The molecule has 3 aromatic rings. The third-order valence-corrected chi connectivity index (χ3v) is 5.36. The molecule has 2 heterocycles. The molecule has 1 atom stereocenters. The third kappa shape index (κ3) is 2.83. The lowest BCUT2D eigenvalue weighted by atomic mass is 10.0. The van der Waals surface area contributed by atoms with E-state index in [0.717, 1.165) is 21.5 Å². The summed E-state index contributed by atoms with van der Waals surface area (Å²) in [5, 5.41) is 9.41. The van der Waals surface area contributed by atoms with E-state index in [4.69, 9.17) is 10.00 Å². The molecule has 0 spiro atoms. The number of nitriles is 1. The number of rotatable bonds is 4. The fourth-order valence-electron chi connectivity index (χ4n) is 3.20. The molecule has 1 unspecified atom stereocenters. The Morgan fingerprint density at radius 3 is 3.08 bits per heavy atom. The molecule has 1 amide bonds. The van der Waals surface area contributed by atoms with Crippen LogP contribution in [0, 0.1) is 11.3 Å². The molecule has 2 aromatic carbocycles. The Balaban J connectivity index is 1.54. The summed E-state index contributed by atoms with van der Waals surface area (Å²) in [6, 6.07) is 15.6. The Morgan fingerprint density at radius 2 is 2.27 bits per heavy atom. The van der Waals surface area contributed by atoms with Crippen LogP contribution in [-0.2, 0) is 4.79 Å². The quantitative estimate of drug-likeness (QED) is 0.662. The Bertz CT molecular complexity index is 1050. The second-order valence-electron chi connectivity index (χ2n) is 5.98. The molecular weight excluding hydrogens is 346 g/mol. The molecule has 1 aliphatic heterocycles. The molecule has 1 aliphatic rings. The molecule has 0 aliphatic carbocycles. The molecule has 0 bridgehead atoms. The first-order valence-electron chi connectivity index (χ1n) is 8.16. The lowest BCUT2D eigenvalue weighted by Gasteiger charge is -2.16.